The molecule has 1 amide bonds. The molecule has 27 heavy (non-hydrogen) atoms. The van der Waals surface area contributed by atoms with Gasteiger partial charge < -0.3 is 14.9 Å². The van der Waals surface area contributed by atoms with Gasteiger partial charge in [0, 0.05) is 18.9 Å². The third-order valence-corrected chi connectivity index (χ3v) is 4.31. The summed E-state index contributed by atoms with van der Waals surface area (Å²) in [5, 5.41) is 2.77. The number of benzene rings is 2. The van der Waals surface area contributed by atoms with Crippen molar-refractivity contribution in [1.29, 1.82) is 0 Å². The largest absolute Gasteiger partial charge is 0.344 e. The second kappa shape index (κ2) is 6.45. The van der Waals surface area contributed by atoms with Crippen LogP contribution in [0.15, 0.2) is 76.4 Å². The second-order valence-electron chi connectivity index (χ2n) is 6.10. The van der Waals surface area contributed by atoms with Gasteiger partial charge in [-0.1, -0.05) is 36.4 Å². The Balaban J connectivity index is 1.87. The Bertz CT molecular complexity index is 1250. The molecule has 0 bridgehead atoms. The Kier molecular flexibility index (Phi) is 3.97. The van der Waals surface area contributed by atoms with Gasteiger partial charge in [0.15, 0.2) is 0 Å². The van der Waals surface area contributed by atoms with Gasteiger partial charge in [0.1, 0.15) is 5.52 Å². The maximum Gasteiger partial charge on any atom is 0.333 e. The molecule has 2 heterocycles. The summed E-state index contributed by atoms with van der Waals surface area (Å²) in [5.74, 6) is -0.403. The summed E-state index contributed by atoms with van der Waals surface area (Å²) in [4.78, 5) is 40.9. The van der Waals surface area contributed by atoms with E-state index < -0.39 is 17.2 Å². The highest BCUT2D eigenvalue weighted by atomic mass is 16.2. The lowest BCUT2D eigenvalue weighted by Gasteiger charge is -2.06. The first-order valence-electron chi connectivity index (χ1n) is 8.32. The van der Waals surface area contributed by atoms with E-state index in [0.29, 0.717) is 11.4 Å². The van der Waals surface area contributed by atoms with Gasteiger partial charge in [0.2, 0.25) is 0 Å². The molecule has 2 aromatic heterocycles. The molecular weight excluding hydrogens is 344 g/mol. The zero-order valence-corrected chi connectivity index (χ0v) is 14.5. The van der Waals surface area contributed by atoms with Crippen molar-refractivity contribution in [2.75, 3.05) is 5.32 Å². The maximum atomic E-state index is 13.0. The molecule has 134 valence electrons. The Hall–Kier alpha value is -3.87. The molecule has 0 aliphatic heterocycles. The van der Waals surface area contributed by atoms with Crippen LogP contribution in [0.4, 0.5) is 5.69 Å². The summed E-state index contributed by atoms with van der Waals surface area (Å²) < 4.78 is 2.61. The number of rotatable bonds is 3. The van der Waals surface area contributed by atoms with Crippen molar-refractivity contribution in [1.82, 2.24) is 14.1 Å². The van der Waals surface area contributed by atoms with Crippen molar-refractivity contribution in [2.45, 2.75) is 0 Å². The van der Waals surface area contributed by atoms with Gasteiger partial charge >= 0.3 is 5.69 Å². The van der Waals surface area contributed by atoms with Gasteiger partial charge in [-0.05, 0) is 24.3 Å². The van der Waals surface area contributed by atoms with Crippen LogP contribution in [0.5, 0.6) is 0 Å². The first kappa shape index (κ1) is 16.6. The number of aryl methyl sites for hydroxylation is 1. The number of hydrogen-bond acceptors (Lipinski definition) is 3. The molecule has 0 atom stereocenters. The lowest BCUT2D eigenvalue weighted by atomic mass is 10.2. The number of amides is 1. The molecule has 0 saturated carbocycles. The Morgan fingerprint density at radius 1 is 0.963 bits per heavy atom. The fourth-order valence-electron chi connectivity index (χ4n) is 3.08. The highest BCUT2D eigenvalue weighted by Gasteiger charge is 2.20. The van der Waals surface area contributed by atoms with Crippen LogP contribution in [0.1, 0.15) is 10.4 Å². The highest BCUT2D eigenvalue weighted by molar-refractivity contribution is 6.11. The Morgan fingerprint density at radius 2 is 1.59 bits per heavy atom. The number of hydrogen-bond donors (Lipinski definition) is 2. The number of carbonyl (C=O) groups is 1. The van der Waals surface area contributed by atoms with Gasteiger partial charge in [0.05, 0.1) is 16.8 Å². The molecule has 0 radical (unpaired) electrons. The van der Waals surface area contributed by atoms with Crippen LogP contribution < -0.4 is 16.6 Å². The smallest absolute Gasteiger partial charge is 0.333 e. The van der Waals surface area contributed by atoms with Crippen LogP contribution in [-0.2, 0) is 7.05 Å². The molecule has 0 unspecified atom stereocenters. The number of carbonyl (C=O) groups excluding carboxylic acids is 1. The van der Waals surface area contributed by atoms with Crippen LogP contribution in [0.3, 0.4) is 0 Å². The summed E-state index contributed by atoms with van der Waals surface area (Å²) in [5.41, 5.74) is 0.692. The monoisotopic (exact) mass is 360 g/mol. The number of nitrogens with zero attached hydrogens (tertiary/aromatic N) is 2. The van der Waals surface area contributed by atoms with Crippen molar-refractivity contribution in [3.63, 3.8) is 0 Å². The molecule has 2 N–H and O–H groups in total. The number of H-pyrrole nitrogens is 1. The number of nitrogens with one attached hydrogen (secondary N) is 2. The van der Waals surface area contributed by atoms with Crippen LogP contribution in [0.25, 0.3) is 16.7 Å². The van der Waals surface area contributed by atoms with Crippen molar-refractivity contribution in [3.8, 4) is 5.69 Å². The van der Waals surface area contributed by atoms with Gasteiger partial charge in [-0.2, -0.15) is 0 Å². The molecular formula is C20H16N4O3. The average Bonchev–Trinajstić information content (AvgIpc) is 3.00. The van der Waals surface area contributed by atoms with Gasteiger partial charge in [-0.25, -0.2) is 9.36 Å². The molecule has 0 fully saturated rings. The Labute approximate surface area is 153 Å². The summed E-state index contributed by atoms with van der Waals surface area (Å²) in [6.45, 7) is 0. The highest BCUT2D eigenvalue weighted by Crippen LogP contribution is 2.17. The molecule has 7 nitrogen and oxygen atoms in total. The minimum Gasteiger partial charge on any atom is -0.344 e. The fraction of sp³-hybridized carbons (Fsp3) is 0.0500. The molecule has 4 rings (SSSR count). The van der Waals surface area contributed by atoms with Gasteiger partial charge in [0.25, 0.3) is 11.5 Å². The first-order valence-corrected chi connectivity index (χ1v) is 8.32. The molecule has 0 spiro atoms. The lowest BCUT2D eigenvalue weighted by Crippen LogP contribution is -2.34. The number of fused-ring (bicyclic) bond motifs is 1. The van der Waals surface area contributed by atoms with E-state index in [2.05, 4.69) is 10.3 Å². The van der Waals surface area contributed by atoms with Crippen LogP contribution in [-0.4, -0.2) is 20.0 Å². The topological polar surface area (TPSA) is 88.9 Å². The maximum absolute atomic E-state index is 13.0. The normalized spacial score (nSPS) is 10.9. The molecule has 0 aliphatic carbocycles. The first-order chi connectivity index (χ1) is 13.1. The minimum atomic E-state index is -0.598. The van der Waals surface area contributed by atoms with Crippen LogP contribution >= 0.6 is 0 Å². The third-order valence-electron chi connectivity index (χ3n) is 4.31. The number of aromatic nitrogens is 3. The zero-order chi connectivity index (χ0) is 19.0. The predicted octanol–water partition coefficient (Wildman–Crippen LogP) is 2.27. The van der Waals surface area contributed by atoms with Crippen molar-refractivity contribution >= 4 is 22.6 Å². The van der Waals surface area contributed by atoms with E-state index >= 15 is 0 Å². The van der Waals surface area contributed by atoms with Gasteiger partial charge in [-0.15, -0.1) is 0 Å². The lowest BCUT2D eigenvalue weighted by molar-refractivity contribution is 0.102. The number of anilines is 1. The van der Waals surface area contributed by atoms with Crippen LogP contribution in [0.2, 0.25) is 0 Å². The van der Waals surface area contributed by atoms with E-state index in [1.807, 2.05) is 6.07 Å². The third kappa shape index (κ3) is 2.85. The summed E-state index contributed by atoms with van der Waals surface area (Å²) in [6.07, 6.45) is 1.54. The summed E-state index contributed by atoms with van der Waals surface area (Å²) in [6, 6.07) is 17.6. The SMILES string of the molecule is Cn1cc(C(=O)Nc2ccccc2)c2[nH]c(=O)n(-c3ccccc3)c(=O)c21. The van der Waals surface area contributed by atoms with E-state index in [1.165, 1.54) is 6.20 Å². The molecule has 0 aliphatic rings. The molecule has 7 heteroatoms. The quantitative estimate of drug-likeness (QED) is 0.587. The van der Waals surface area contributed by atoms with E-state index in [-0.39, 0.29) is 16.6 Å². The van der Waals surface area contributed by atoms with Gasteiger partial charge in [-0.3, -0.25) is 9.59 Å². The second-order valence-corrected chi connectivity index (χ2v) is 6.10. The summed E-state index contributed by atoms with van der Waals surface area (Å²) in [7, 11) is 1.66. The van der Waals surface area contributed by atoms with E-state index in [9.17, 15) is 14.4 Å². The Morgan fingerprint density at radius 3 is 2.26 bits per heavy atom. The number of para-hydroxylation sites is 2. The van der Waals surface area contributed by atoms with E-state index in [0.717, 1.165) is 4.57 Å². The van der Waals surface area contributed by atoms with Crippen molar-refractivity contribution in [3.05, 3.63) is 93.3 Å². The number of aromatic amines is 1. The average molecular weight is 360 g/mol. The van der Waals surface area contributed by atoms with E-state index in [4.69, 9.17) is 0 Å². The standard InChI is InChI=1S/C20H16N4O3/c1-23-12-15(18(25)21-13-8-4-2-5-9-13)16-17(23)19(26)24(20(27)22-16)14-10-6-3-7-11-14/h2-12H,1H3,(H,21,25)(H,22,27). The zero-order valence-electron chi connectivity index (χ0n) is 14.5. The fourth-order valence-corrected chi connectivity index (χ4v) is 3.08. The van der Waals surface area contributed by atoms with E-state index in [1.54, 1.807) is 66.2 Å². The molecule has 2 aromatic carbocycles. The summed E-state index contributed by atoms with van der Waals surface area (Å²) >= 11 is 0. The van der Waals surface area contributed by atoms with Crippen LogP contribution in [0, 0.1) is 0 Å². The molecule has 4 aromatic rings. The van der Waals surface area contributed by atoms with Crippen molar-refractivity contribution < 1.29 is 4.79 Å². The predicted molar refractivity (Wildman–Crippen MR) is 104 cm³/mol. The molecule has 0 saturated heterocycles. The minimum absolute atomic E-state index is 0.216. The van der Waals surface area contributed by atoms with Crippen molar-refractivity contribution in [2.24, 2.45) is 7.05 Å².